The summed E-state index contributed by atoms with van der Waals surface area (Å²) >= 11 is 0. The molecule has 1 aromatic carbocycles. The van der Waals surface area contributed by atoms with Crippen molar-refractivity contribution >= 4 is 11.8 Å². The molecule has 0 saturated heterocycles. The van der Waals surface area contributed by atoms with Crippen molar-refractivity contribution in [2.75, 3.05) is 6.61 Å². The van der Waals surface area contributed by atoms with Crippen LogP contribution in [0, 0.1) is 0 Å². The van der Waals surface area contributed by atoms with E-state index < -0.39 is 25.0 Å². The van der Waals surface area contributed by atoms with Gasteiger partial charge >= 0.3 is 12.6 Å². The number of carbonyl (C=O) groups is 2. The van der Waals surface area contributed by atoms with Crippen molar-refractivity contribution in [3.63, 3.8) is 0 Å². The zero-order valence-electron chi connectivity index (χ0n) is 10.7. The number of halogens is 2. The van der Waals surface area contributed by atoms with Crippen LogP contribution in [-0.4, -0.2) is 30.0 Å². The van der Waals surface area contributed by atoms with E-state index in [1.54, 1.807) is 12.3 Å². The zero-order chi connectivity index (χ0) is 15.2. The summed E-state index contributed by atoms with van der Waals surface area (Å²) in [5.74, 6) is -1.64. The molecular formula is C14H11F2NO4. The third kappa shape index (κ3) is 3.88. The first-order valence-corrected chi connectivity index (χ1v) is 5.95. The Kier molecular flexibility index (Phi) is 4.65. The number of hydrogen-bond donors (Lipinski definition) is 1. The fourth-order valence-corrected chi connectivity index (χ4v) is 1.62. The number of benzene rings is 1. The van der Waals surface area contributed by atoms with Crippen LogP contribution < -0.4 is 4.74 Å². The van der Waals surface area contributed by atoms with Crippen molar-refractivity contribution in [3.8, 4) is 5.75 Å². The lowest BCUT2D eigenvalue weighted by molar-refractivity contribution is -0.0504. The van der Waals surface area contributed by atoms with Crippen LogP contribution in [0.2, 0.25) is 0 Å². The molecule has 1 aromatic heterocycles. The van der Waals surface area contributed by atoms with Crippen molar-refractivity contribution in [3.05, 3.63) is 53.9 Å². The Morgan fingerprint density at radius 3 is 2.57 bits per heavy atom. The maximum absolute atomic E-state index is 12.2. The van der Waals surface area contributed by atoms with Crippen LogP contribution >= 0.6 is 0 Å². The Bertz CT molecular complexity index is 626. The van der Waals surface area contributed by atoms with Crippen molar-refractivity contribution < 1.29 is 27.8 Å². The van der Waals surface area contributed by atoms with Gasteiger partial charge in [0.15, 0.2) is 6.61 Å². The largest absolute Gasteiger partial charge is 0.454 e. The molecule has 110 valence electrons. The molecule has 1 heterocycles. The number of nitrogens with one attached hydrogen (secondary N) is 1. The second kappa shape index (κ2) is 6.65. The minimum Gasteiger partial charge on any atom is -0.454 e. The molecule has 0 amide bonds. The van der Waals surface area contributed by atoms with Gasteiger partial charge in [-0.25, -0.2) is 4.79 Å². The minimum atomic E-state index is -3.06. The average molecular weight is 295 g/mol. The van der Waals surface area contributed by atoms with Gasteiger partial charge in [-0.05, 0) is 24.3 Å². The highest BCUT2D eigenvalue weighted by atomic mass is 19.3. The summed E-state index contributed by atoms with van der Waals surface area (Å²) in [4.78, 5) is 26.1. The maximum Gasteiger partial charge on any atom is 0.387 e. The third-order valence-corrected chi connectivity index (χ3v) is 2.56. The van der Waals surface area contributed by atoms with Crippen molar-refractivity contribution in [1.29, 1.82) is 0 Å². The number of rotatable bonds is 6. The number of aromatic nitrogens is 1. The molecule has 2 rings (SSSR count). The Morgan fingerprint density at radius 2 is 1.90 bits per heavy atom. The van der Waals surface area contributed by atoms with Crippen molar-refractivity contribution in [2.24, 2.45) is 0 Å². The van der Waals surface area contributed by atoms with E-state index in [0.717, 1.165) is 0 Å². The Labute approximate surface area is 118 Å². The molecule has 0 radical (unpaired) electrons. The molecule has 0 aliphatic rings. The van der Waals surface area contributed by atoms with Crippen molar-refractivity contribution in [1.82, 2.24) is 4.98 Å². The number of alkyl halides is 2. The number of hydrogen-bond acceptors (Lipinski definition) is 4. The second-order valence-electron chi connectivity index (χ2n) is 3.96. The molecule has 2 aromatic rings. The third-order valence-electron chi connectivity index (χ3n) is 2.56. The lowest BCUT2D eigenvalue weighted by atomic mass is 10.2. The summed E-state index contributed by atoms with van der Waals surface area (Å²) in [7, 11) is 0. The standard InChI is InChI=1S/C14H11F2NO4/c15-14(16)21-12-6-2-1-4-9(12)13(19)20-8-11(18)10-5-3-7-17-10/h1-7,14,17H,8H2. The topological polar surface area (TPSA) is 68.4 Å². The highest BCUT2D eigenvalue weighted by Crippen LogP contribution is 2.21. The predicted molar refractivity (Wildman–Crippen MR) is 68.5 cm³/mol. The van der Waals surface area contributed by atoms with Gasteiger partial charge < -0.3 is 14.5 Å². The molecule has 0 atom stereocenters. The molecule has 5 nitrogen and oxygen atoms in total. The fourth-order valence-electron chi connectivity index (χ4n) is 1.62. The van der Waals surface area contributed by atoms with Crippen LogP contribution in [0.25, 0.3) is 0 Å². The SMILES string of the molecule is O=C(COC(=O)c1ccccc1OC(F)F)c1ccc[nH]1. The molecule has 1 N–H and O–H groups in total. The summed E-state index contributed by atoms with van der Waals surface area (Å²) in [5, 5.41) is 0. The summed E-state index contributed by atoms with van der Waals surface area (Å²) in [6, 6.07) is 8.57. The van der Waals surface area contributed by atoms with E-state index in [1.165, 1.54) is 30.3 Å². The molecule has 0 aliphatic carbocycles. The monoisotopic (exact) mass is 295 g/mol. The van der Waals surface area contributed by atoms with E-state index in [2.05, 4.69) is 9.72 Å². The van der Waals surface area contributed by atoms with Crippen LogP contribution in [0.3, 0.4) is 0 Å². The van der Waals surface area contributed by atoms with E-state index in [4.69, 9.17) is 4.74 Å². The van der Waals surface area contributed by atoms with E-state index in [-0.39, 0.29) is 11.3 Å². The first-order chi connectivity index (χ1) is 10.1. The molecular weight excluding hydrogens is 284 g/mol. The lowest BCUT2D eigenvalue weighted by Gasteiger charge is -2.09. The number of para-hydroxylation sites is 1. The second-order valence-corrected chi connectivity index (χ2v) is 3.96. The number of aromatic amines is 1. The molecule has 0 unspecified atom stereocenters. The number of Topliss-reactive ketones (excluding diaryl/α,β-unsaturated/α-hetero) is 1. The smallest absolute Gasteiger partial charge is 0.387 e. The normalized spacial score (nSPS) is 10.4. The quantitative estimate of drug-likeness (QED) is 0.657. The first kappa shape index (κ1) is 14.7. The predicted octanol–water partition coefficient (Wildman–Crippen LogP) is 2.66. The number of esters is 1. The fraction of sp³-hybridized carbons (Fsp3) is 0.143. The molecule has 0 bridgehead atoms. The Hall–Kier alpha value is -2.70. The van der Waals surface area contributed by atoms with Gasteiger partial charge in [-0.2, -0.15) is 8.78 Å². The zero-order valence-corrected chi connectivity index (χ0v) is 10.7. The minimum absolute atomic E-state index is 0.169. The van der Waals surface area contributed by atoms with Gasteiger partial charge in [0.05, 0.1) is 5.69 Å². The van der Waals surface area contributed by atoms with Gasteiger partial charge in [-0.3, -0.25) is 4.79 Å². The van der Waals surface area contributed by atoms with Gasteiger partial charge in [-0.1, -0.05) is 12.1 Å². The number of carbonyl (C=O) groups excluding carboxylic acids is 2. The summed E-state index contributed by atoms with van der Waals surface area (Å²) in [6.45, 7) is -3.55. The van der Waals surface area contributed by atoms with Crippen LogP contribution in [-0.2, 0) is 4.74 Å². The van der Waals surface area contributed by atoms with Crippen LogP contribution in [0.5, 0.6) is 5.75 Å². The molecule has 0 fully saturated rings. The number of H-pyrrole nitrogens is 1. The van der Waals surface area contributed by atoms with E-state index in [1.807, 2.05) is 0 Å². The van der Waals surface area contributed by atoms with Gasteiger partial charge in [0.25, 0.3) is 0 Å². The van der Waals surface area contributed by atoms with Gasteiger partial charge in [0.1, 0.15) is 11.3 Å². The van der Waals surface area contributed by atoms with E-state index >= 15 is 0 Å². The van der Waals surface area contributed by atoms with Gasteiger partial charge in [-0.15, -0.1) is 0 Å². The molecule has 7 heteroatoms. The summed E-state index contributed by atoms with van der Waals surface area (Å²) in [5.41, 5.74) is 0.122. The molecule has 0 saturated carbocycles. The molecule has 21 heavy (non-hydrogen) atoms. The number of ether oxygens (including phenoxy) is 2. The maximum atomic E-state index is 12.2. The van der Waals surface area contributed by atoms with E-state index in [0.29, 0.717) is 5.69 Å². The highest BCUT2D eigenvalue weighted by molar-refractivity contribution is 5.98. The average Bonchev–Trinajstić information content (AvgIpc) is 2.98. The van der Waals surface area contributed by atoms with Crippen LogP contribution in [0.15, 0.2) is 42.6 Å². The van der Waals surface area contributed by atoms with Crippen molar-refractivity contribution in [2.45, 2.75) is 6.61 Å². The van der Waals surface area contributed by atoms with Gasteiger partial charge in [0.2, 0.25) is 5.78 Å². The molecule has 0 aliphatic heterocycles. The Morgan fingerprint density at radius 1 is 1.14 bits per heavy atom. The van der Waals surface area contributed by atoms with Crippen LogP contribution in [0.4, 0.5) is 8.78 Å². The lowest BCUT2D eigenvalue weighted by Crippen LogP contribution is -2.16. The Balaban J connectivity index is 2.02. The summed E-state index contributed by atoms with van der Waals surface area (Å²) in [6.07, 6.45) is 1.56. The molecule has 0 spiro atoms. The van der Waals surface area contributed by atoms with Crippen LogP contribution in [0.1, 0.15) is 20.8 Å². The van der Waals surface area contributed by atoms with Gasteiger partial charge in [0, 0.05) is 6.20 Å². The van der Waals surface area contributed by atoms with E-state index in [9.17, 15) is 18.4 Å². The number of ketones is 1. The first-order valence-electron chi connectivity index (χ1n) is 5.95. The summed E-state index contributed by atoms with van der Waals surface area (Å²) < 4.78 is 33.5. The highest BCUT2D eigenvalue weighted by Gasteiger charge is 2.18.